The van der Waals surface area contributed by atoms with Gasteiger partial charge in [0.05, 0.1) is 0 Å². The molecule has 3 fully saturated rings. The van der Waals surface area contributed by atoms with Gasteiger partial charge < -0.3 is 15.5 Å². The Morgan fingerprint density at radius 3 is 1.55 bits per heavy atom. The summed E-state index contributed by atoms with van der Waals surface area (Å²) >= 11 is 0. The molecule has 190 valence electrons. The van der Waals surface area contributed by atoms with Crippen LogP contribution in [0.25, 0.3) is 0 Å². The predicted molar refractivity (Wildman–Crippen MR) is 146 cm³/mol. The fourth-order valence-electron chi connectivity index (χ4n) is 4.44. The molecular formula is C28H63N3. The molecule has 0 bridgehead atoms. The van der Waals surface area contributed by atoms with Gasteiger partial charge >= 0.3 is 0 Å². The third kappa shape index (κ3) is 15.8. The largest absolute Gasteiger partial charge is 0.389 e. The maximum Gasteiger partial charge on any atom is 0.0146 e. The van der Waals surface area contributed by atoms with Gasteiger partial charge in [-0.1, -0.05) is 63.0 Å². The van der Waals surface area contributed by atoms with Crippen LogP contribution in [0.1, 0.15) is 109 Å². The Kier molecular flexibility index (Phi) is 22.7. The average molecular weight is 442 g/mol. The van der Waals surface area contributed by atoms with Gasteiger partial charge in [-0.15, -0.1) is 0 Å². The minimum Gasteiger partial charge on any atom is -0.389 e. The highest BCUT2D eigenvalue weighted by Gasteiger charge is 2.18. The van der Waals surface area contributed by atoms with E-state index in [1.165, 1.54) is 76.8 Å². The van der Waals surface area contributed by atoms with Crippen LogP contribution in [-0.2, 0) is 0 Å². The second-order valence-corrected chi connectivity index (χ2v) is 10.0. The lowest BCUT2D eigenvalue weighted by atomic mass is 9.86. The Labute approximate surface area is 199 Å². The van der Waals surface area contributed by atoms with Crippen LogP contribution in [0.4, 0.5) is 0 Å². The zero-order valence-corrected chi connectivity index (χ0v) is 20.0. The third-order valence-electron chi connectivity index (χ3n) is 6.79. The Balaban J connectivity index is -0.000000362. The van der Waals surface area contributed by atoms with Crippen LogP contribution in [0.2, 0.25) is 0 Å². The molecular weight excluding hydrogens is 378 g/mol. The Bertz CT molecular complexity index is 369. The van der Waals surface area contributed by atoms with Crippen molar-refractivity contribution in [3.05, 3.63) is 12.3 Å². The highest BCUT2D eigenvalue weighted by molar-refractivity contribution is 4.97. The van der Waals surface area contributed by atoms with E-state index in [0.717, 1.165) is 36.3 Å². The predicted octanol–water partition coefficient (Wildman–Crippen LogP) is 7.59. The fourth-order valence-corrected chi connectivity index (χ4v) is 4.44. The molecule has 3 saturated heterocycles. The summed E-state index contributed by atoms with van der Waals surface area (Å²) < 4.78 is 0. The van der Waals surface area contributed by atoms with E-state index in [-0.39, 0.29) is 22.3 Å². The molecule has 0 saturated carbocycles. The van der Waals surface area contributed by atoms with Crippen LogP contribution in [0.15, 0.2) is 12.3 Å². The fraction of sp³-hybridized carbons (Fsp3) is 0.929. The summed E-state index contributed by atoms with van der Waals surface area (Å²) in [5, 5.41) is 6.64. The third-order valence-corrected chi connectivity index (χ3v) is 6.79. The van der Waals surface area contributed by atoms with Crippen LogP contribution >= 0.6 is 0 Å². The minimum atomic E-state index is 0. The number of rotatable bonds is 3. The summed E-state index contributed by atoms with van der Waals surface area (Å²) in [6.07, 6.45) is 9.54. The summed E-state index contributed by atoms with van der Waals surface area (Å²) in [6, 6.07) is 0.769. The van der Waals surface area contributed by atoms with Gasteiger partial charge in [0.25, 0.3) is 0 Å². The summed E-state index contributed by atoms with van der Waals surface area (Å²) in [5.74, 6) is 3.57. The number of piperidine rings is 3. The lowest BCUT2D eigenvalue weighted by molar-refractivity contribution is 0.185. The molecule has 3 aliphatic heterocycles. The van der Waals surface area contributed by atoms with Crippen molar-refractivity contribution in [3.8, 4) is 0 Å². The topological polar surface area (TPSA) is 27.3 Å². The number of hydrogen-bond acceptors (Lipinski definition) is 3. The van der Waals surface area contributed by atoms with Crippen LogP contribution < -0.4 is 10.6 Å². The monoisotopic (exact) mass is 442 g/mol. The molecule has 1 unspecified atom stereocenters. The first kappa shape index (κ1) is 35.1. The number of allylic oxidation sites excluding steroid dienone is 1. The Morgan fingerprint density at radius 2 is 1.23 bits per heavy atom. The SMILES string of the molecule is C.C.C.C=C1CC(C(C)C)CCN1.CC(C)C1CCNCC1.CC(C)N1CCCCC1. The number of nitrogens with one attached hydrogen (secondary N) is 2. The maximum atomic E-state index is 3.94. The van der Waals surface area contributed by atoms with E-state index in [4.69, 9.17) is 0 Å². The molecule has 3 heteroatoms. The van der Waals surface area contributed by atoms with E-state index in [9.17, 15) is 0 Å². The van der Waals surface area contributed by atoms with Gasteiger partial charge in [0.15, 0.2) is 0 Å². The van der Waals surface area contributed by atoms with Crippen molar-refractivity contribution in [2.75, 3.05) is 32.7 Å². The van der Waals surface area contributed by atoms with E-state index < -0.39 is 0 Å². The summed E-state index contributed by atoms with van der Waals surface area (Å²) in [7, 11) is 0. The van der Waals surface area contributed by atoms with E-state index >= 15 is 0 Å². The van der Waals surface area contributed by atoms with Gasteiger partial charge in [0.2, 0.25) is 0 Å². The van der Waals surface area contributed by atoms with Crippen molar-refractivity contribution in [1.82, 2.24) is 15.5 Å². The van der Waals surface area contributed by atoms with Crippen molar-refractivity contribution >= 4 is 0 Å². The highest BCUT2D eigenvalue weighted by Crippen LogP contribution is 2.24. The van der Waals surface area contributed by atoms with Crippen molar-refractivity contribution in [2.45, 2.75) is 115 Å². The molecule has 3 heterocycles. The number of nitrogens with zero attached hydrogens (tertiary/aromatic N) is 1. The quantitative estimate of drug-likeness (QED) is 0.472. The zero-order valence-electron chi connectivity index (χ0n) is 20.0. The molecule has 0 aromatic carbocycles. The molecule has 0 aromatic rings. The lowest BCUT2D eigenvalue weighted by Crippen LogP contribution is -2.35. The van der Waals surface area contributed by atoms with Gasteiger partial charge in [0.1, 0.15) is 0 Å². The minimum absolute atomic E-state index is 0. The summed E-state index contributed by atoms with van der Waals surface area (Å²) in [4.78, 5) is 2.56. The van der Waals surface area contributed by atoms with Crippen LogP contribution in [-0.4, -0.2) is 43.7 Å². The molecule has 3 aliphatic rings. The van der Waals surface area contributed by atoms with Gasteiger partial charge in [-0.25, -0.2) is 0 Å². The van der Waals surface area contributed by atoms with Crippen LogP contribution in [0.3, 0.4) is 0 Å². The number of hydrogen-bond donors (Lipinski definition) is 2. The molecule has 0 amide bonds. The molecule has 1 atom stereocenters. The van der Waals surface area contributed by atoms with Gasteiger partial charge in [-0.05, 0) is 102 Å². The molecule has 0 aromatic heterocycles. The average Bonchev–Trinajstić information content (AvgIpc) is 2.70. The smallest absolute Gasteiger partial charge is 0.0146 e. The van der Waals surface area contributed by atoms with E-state index in [1.54, 1.807) is 0 Å². The first-order chi connectivity index (χ1) is 13.3. The van der Waals surface area contributed by atoms with Gasteiger partial charge in [0, 0.05) is 18.3 Å². The van der Waals surface area contributed by atoms with Crippen LogP contribution in [0.5, 0.6) is 0 Å². The van der Waals surface area contributed by atoms with Crippen molar-refractivity contribution in [3.63, 3.8) is 0 Å². The van der Waals surface area contributed by atoms with Crippen molar-refractivity contribution in [1.29, 1.82) is 0 Å². The highest BCUT2D eigenvalue weighted by atomic mass is 15.1. The lowest BCUT2D eigenvalue weighted by Gasteiger charge is -2.29. The van der Waals surface area contributed by atoms with Gasteiger partial charge in [-0.3, -0.25) is 0 Å². The molecule has 0 aliphatic carbocycles. The Morgan fingerprint density at radius 1 is 0.742 bits per heavy atom. The Hall–Kier alpha value is -0.540. The normalized spacial score (nSPS) is 22.0. The van der Waals surface area contributed by atoms with Crippen LogP contribution in [0, 0.1) is 23.7 Å². The maximum absolute atomic E-state index is 3.94. The summed E-state index contributed by atoms with van der Waals surface area (Å²) in [5.41, 5.74) is 1.23. The van der Waals surface area contributed by atoms with Crippen molar-refractivity contribution < 1.29 is 0 Å². The van der Waals surface area contributed by atoms with E-state index in [0.29, 0.717) is 0 Å². The first-order valence-electron chi connectivity index (χ1n) is 12.2. The standard InChI is InChI=1S/C9H17N.2C8H17N.3CH4/c1-7(2)9-4-5-10-8(3)6-9;1-7(2)8-3-5-9-6-4-8;1-8(2)9-6-4-3-5-7-9;;;/h7,9-10H,3-6H2,1-2H3;7-9H,3-6H2,1-2H3;8H,3-7H2,1-2H3;3*1H4. The second kappa shape index (κ2) is 20.1. The van der Waals surface area contributed by atoms with Gasteiger partial charge in [-0.2, -0.15) is 0 Å². The summed E-state index contributed by atoms with van der Waals surface area (Å²) in [6.45, 7) is 24.0. The molecule has 2 N–H and O–H groups in total. The molecule has 31 heavy (non-hydrogen) atoms. The van der Waals surface area contributed by atoms with E-state index in [1.807, 2.05) is 0 Å². The first-order valence-corrected chi connectivity index (χ1v) is 12.2. The second-order valence-electron chi connectivity index (χ2n) is 10.0. The molecule has 3 nitrogen and oxygen atoms in total. The van der Waals surface area contributed by atoms with Crippen molar-refractivity contribution in [2.24, 2.45) is 23.7 Å². The molecule has 0 radical (unpaired) electrons. The molecule has 0 spiro atoms. The zero-order chi connectivity index (χ0) is 20.9. The number of likely N-dealkylation sites (tertiary alicyclic amines) is 1. The van der Waals surface area contributed by atoms with E-state index in [2.05, 4.69) is 63.7 Å². The molecule has 3 rings (SSSR count).